The van der Waals surface area contributed by atoms with Crippen LogP contribution in [0.3, 0.4) is 0 Å². The van der Waals surface area contributed by atoms with Gasteiger partial charge in [0.1, 0.15) is 5.03 Å². The number of carbonyl (C=O) groups is 2. The van der Waals surface area contributed by atoms with Crippen molar-refractivity contribution in [3.05, 3.63) is 53.2 Å². The first-order valence-electron chi connectivity index (χ1n) is 9.44. The lowest BCUT2D eigenvalue weighted by Crippen LogP contribution is -2.46. The number of nitrogens with one attached hydrogen (secondary N) is 1. The fraction of sp³-hybridized carbons (Fsp3) is 0.381. The lowest BCUT2D eigenvalue weighted by atomic mass is 10.0. The molecule has 0 atom stereocenters. The Labute approximate surface area is 169 Å². The summed E-state index contributed by atoms with van der Waals surface area (Å²) in [7, 11) is 0. The molecule has 28 heavy (non-hydrogen) atoms. The Morgan fingerprint density at radius 3 is 2.71 bits per heavy atom. The van der Waals surface area contributed by atoms with E-state index < -0.39 is 0 Å². The van der Waals surface area contributed by atoms with Crippen LogP contribution in [0, 0.1) is 13.8 Å². The van der Waals surface area contributed by atoms with E-state index in [2.05, 4.69) is 42.3 Å². The first kappa shape index (κ1) is 20.4. The van der Waals surface area contributed by atoms with E-state index in [-0.39, 0.29) is 24.4 Å². The van der Waals surface area contributed by atoms with Crippen LogP contribution in [-0.2, 0) is 4.79 Å². The third-order valence-corrected chi connectivity index (χ3v) is 6.05. The lowest BCUT2D eigenvalue weighted by Gasteiger charge is -2.31. The van der Waals surface area contributed by atoms with Crippen LogP contribution in [0.15, 0.2) is 46.5 Å². The van der Waals surface area contributed by atoms with Crippen LogP contribution in [0.5, 0.6) is 0 Å². The fourth-order valence-corrected chi connectivity index (χ4v) is 4.35. The summed E-state index contributed by atoms with van der Waals surface area (Å²) in [6.07, 6.45) is 3.32. The highest BCUT2D eigenvalue weighted by molar-refractivity contribution is 7.99. The van der Waals surface area contributed by atoms with Crippen molar-refractivity contribution in [3.63, 3.8) is 0 Å². The summed E-state index contributed by atoms with van der Waals surface area (Å²) >= 11 is 1.52. The molecule has 1 aliphatic rings. The van der Waals surface area contributed by atoms with E-state index in [1.807, 2.05) is 11.0 Å². The van der Waals surface area contributed by atoms with Crippen molar-refractivity contribution in [2.75, 3.05) is 19.6 Å². The van der Waals surface area contributed by atoms with Gasteiger partial charge >= 0.3 is 0 Å². The molecule has 1 aromatic carbocycles. The van der Waals surface area contributed by atoms with Crippen LogP contribution in [0.1, 0.15) is 34.3 Å². The molecular weight excluding hydrogens is 372 g/mol. The van der Waals surface area contributed by atoms with Gasteiger partial charge < -0.3 is 11.1 Å². The zero-order chi connectivity index (χ0) is 20.1. The zero-order valence-electron chi connectivity index (χ0n) is 16.3. The van der Waals surface area contributed by atoms with Crippen molar-refractivity contribution in [2.24, 2.45) is 5.73 Å². The Kier molecular flexibility index (Phi) is 6.70. The van der Waals surface area contributed by atoms with E-state index in [4.69, 9.17) is 5.73 Å². The molecule has 0 bridgehead atoms. The number of pyridine rings is 1. The van der Waals surface area contributed by atoms with Gasteiger partial charge in [-0.1, -0.05) is 23.9 Å². The second-order valence-corrected chi connectivity index (χ2v) is 8.25. The largest absolute Gasteiger partial charge is 0.369 e. The van der Waals surface area contributed by atoms with Gasteiger partial charge in [0, 0.05) is 30.2 Å². The topological polar surface area (TPSA) is 88.3 Å². The van der Waals surface area contributed by atoms with E-state index >= 15 is 0 Å². The molecule has 0 aliphatic carbocycles. The van der Waals surface area contributed by atoms with Crippen molar-refractivity contribution in [1.29, 1.82) is 0 Å². The molecule has 2 heterocycles. The van der Waals surface area contributed by atoms with Crippen LogP contribution < -0.4 is 11.1 Å². The number of carbonyl (C=O) groups excluding carboxylic acids is 2. The van der Waals surface area contributed by atoms with Gasteiger partial charge in [0.05, 0.1) is 12.1 Å². The first-order valence-corrected chi connectivity index (χ1v) is 10.3. The first-order chi connectivity index (χ1) is 13.4. The number of piperidine rings is 1. The van der Waals surface area contributed by atoms with Crippen LogP contribution in [0.2, 0.25) is 0 Å². The number of amides is 2. The minimum Gasteiger partial charge on any atom is -0.369 e. The molecular formula is C21H26N4O2S. The number of nitrogens with two attached hydrogens (primary N) is 1. The minimum atomic E-state index is -0.314. The summed E-state index contributed by atoms with van der Waals surface area (Å²) in [4.78, 5) is 31.5. The van der Waals surface area contributed by atoms with E-state index in [0.717, 1.165) is 36.4 Å². The molecule has 6 nitrogen and oxygen atoms in total. The summed E-state index contributed by atoms with van der Waals surface area (Å²) in [6.45, 7) is 5.90. The number of rotatable bonds is 6. The maximum Gasteiger partial charge on any atom is 0.254 e. The Bertz CT molecular complexity index is 863. The highest BCUT2D eigenvalue weighted by Gasteiger charge is 2.23. The standard InChI is InChI=1S/C21H26N4O2S/c1-14-5-6-15(2)18(12-14)28-21-17(4-3-9-23-21)20(27)24-16-7-10-25(11-8-16)13-19(22)26/h3-6,9,12,16H,7-8,10-11,13H2,1-2H3,(H2,22,26)(H,24,27). The zero-order valence-corrected chi connectivity index (χ0v) is 17.1. The number of aryl methyl sites for hydroxylation is 2. The second-order valence-electron chi connectivity index (χ2n) is 7.22. The van der Waals surface area contributed by atoms with E-state index in [9.17, 15) is 9.59 Å². The van der Waals surface area contributed by atoms with Crippen molar-refractivity contribution >= 4 is 23.6 Å². The van der Waals surface area contributed by atoms with Crippen LogP contribution >= 0.6 is 11.8 Å². The van der Waals surface area contributed by atoms with Crippen LogP contribution in [0.25, 0.3) is 0 Å². The molecule has 7 heteroatoms. The molecule has 0 saturated carbocycles. The van der Waals surface area contributed by atoms with Crippen LogP contribution in [-0.4, -0.2) is 47.4 Å². The molecule has 3 N–H and O–H groups in total. The number of benzene rings is 1. The minimum absolute atomic E-state index is 0.0930. The van der Waals surface area contributed by atoms with E-state index in [1.54, 1.807) is 12.3 Å². The number of aromatic nitrogens is 1. The Hall–Kier alpha value is -2.38. The summed E-state index contributed by atoms with van der Waals surface area (Å²) < 4.78 is 0. The van der Waals surface area contributed by atoms with E-state index in [0.29, 0.717) is 10.6 Å². The number of hydrogen-bond acceptors (Lipinski definition) is 5. The predicted octanol–water partition coefficient (Wildman–Crippen LogP) is 2.53. The van der Waals surface area contributed by atoms with E-state index in [1.165, 1.54) is 17.3 Å². The molecule has 1 aliphatic heterocycles. The fourth-order valence-electron chi connectivity index (χ4n) is 3.29. The SMILES string of the molecule is Cc1ccc(C)c(Sc2ncccc2C(=O)NC2CCN(CC(N)=O)CC2)c1. The molecule has 0 radical (unpaired) electrons. The van der Waals surface area contributed by atoms with Crippen molar-refractivity contribution < 1.29 is 9.59 Å². The second kappa shape index (κ2) is 9.21. The molecule has 1 fully saturated rings. The van der Waals surface area contributed by atoms with Gasteiger partial charge in [-0.15, -0.1) is 0 Å². The molecule has 148 valence electrons. The van der Waals surface area contributed by atoms with Gasteiger partial charge in [-0.05, 0) is 56.0 Å². The third-order valence-electron chi connectivity index (χ3n) is 4.87. The lowest BCUT2D eigenvalue weighted by molar-refractivity contribution is -0.119. The number of nitrogens with zero attached hydrogens (tertiary/aromatic N) is 2. The van der Waals surface area contributed by atoms with Crippen molar-refractivity contribution in [3.8, 4) is 0 Å². The monoisotopic (exact) mass is 398 g/mol. The molecule has 2 aromatic rings. The molecule has 2 amide bonds. The average molecular weight is 399 g/mol. The highest BCUT2D eigenvalue weighted by Crippen LogP contribution is 2.31. The Morgan fingerprint density at radius 2 is 2.00 bits per heavy atom. The summed E-state index contributed by atoms with van der Waals surface area (Å²) in [5, 5.41) is 3.83. The average Bonchev–Trinajstić information content (AvgIpc) is 2.66. The maximum atomic E-state index is 12.9. The number of hydrogen-bond donors (Lipinski definition) is 2. The Balaban J connectivity index is 1.66. The molecule has 0 unspecified atom stereocenters. The number of primary amides is 1. The summed E-state index contributed by atoms with van der Waals surface area (Å²) in [5.74, 6) is -0.416. The highest BCUT2D eigenvalue weighted by atomic mass is 32.2. The van der Waals surface area contributed by atoms with Gasteiger partial charge in [0.25, 0.3) is 5.91 Å². The summed E-state index contributed by atoms with van der Waals surface area (Å²) in [5.41, 5.74) is 8.19. The van der Waals surface area contributed by atoms with Gasteiger partial charge in [-0.25, -0.2) is 4.98 Å². The molecule has 1 aromatic heterocycles. The summed E-state index contributed by atoms with van der Waals surface area (Å²) in [6, 6.07) is 9.98. The predicted molar refractivity (Wildman–Crippen MR) is 110 cm³/mol. The van der Waals surface area contributed by atoms with Gasteiger partial charge in [-0.2, -0.15) is 0 Å². The molecule has 0 spiro atoms. The van der Waals surface area contributed by atoms with Gasteiger partial charge in [0.15, 0.2) is 0 Å². The van der Waals surface area contributed by atoms with Crippen LogP contribution in [0.4, 0.5) is 0 Å². The van der Waals surface area contributed by atoms with Crippen molar-refractivity contribution in [2.45, 2.75) is 42.7 Å². The maximum absolute atomic E-state index is 12.9. The van der Waals surface area contributed by atoms with Gasteiger partial charge in [0.2, 0.25) is 5.91 Å². The number of likely N-dealkylation sites (tertiary alicyclic amines) is 1. The van der Waals surface area contributed by atoms with Gasteiger partial charge in [-0.3, -0.25) is 14.5 Å². The Morgan fingerprint density at radius 1 is 1.25 bits per heavy atom. The molecule has 3 rings (SSSR count). The molecule has 1 saturated heterocycles. The smallest absolute Gasteiger partial charge is 0.254 e. The normalized spacial score (nSPS) is 15.4. The third kappa shape index (κ3) is 5.33. The van der Waals surface area contributed by atoms with Crippen molar-refractivity contribution in [1.82, 2.24) is 15.2 Å². The quantitative estimate of drug-likeness (QED) is 0.781.